The van der Waals surface area contributed by atoms with Crippen LogP contribution in [0.4, 0.5) is 0 Å². The number of aromatic amines is 1. The number of nitrogens with zero attached hydrogens (tertiary/aromatic N) is 2. The number of nitrogens with one attached hydrogen (secondary N) is 1. The van der Waals surface area contributed by atoms with Crippen LogP contribution in [0.2, 0.25) is 0 Å². The molecular weight excluding hydrogens is 266 g/mol. The minimum atomic E-state index is -1.05. The Kier molecular flexibility index (Phi) is 3.66. The fourth-order valence-corrected chi connectivity index (χ4v) is 2.20. The Labute approximate surface area is 113 Å². The lowest BCUT2D eigenvalue weighted by molar-refractivity contribution is -0.141. The molecule has 2 heterocycles. The van der Waals surface area contributed by atoms with Gasteiger partial charge in [-0.2, -0.15) is 5.10 Å². The minimum absolute atomic E-state index is 0.207. The summed E-state index contributed by atoms with van der Waals surface area (Å²) >= 11 is 1.53. The van der Waals surface area contributed by atoms with Crippen molar-refractivity contribution in [3.63, 3.8) is 0 Å². The van der Waals surface area contributed by atoms with Crippen molar-refractivity contribution in [1.29, 1.82) is 0 Å². The van der Waals surface area contributed by atoms with Crippen LogP contribution in [0.5, 0.6) is 0 Å². The van der Waals surface area contributed by atoms with Gasteiger partial charge >= 0.3 is 5.97 Å². The molecule has 0 fully saturated rings. The first-order valence-corrected chi connectivity index (χ1v) is 6.48. The summed E-state index contributed by atoms with van der Waals surface area (Å²) in [6.45, 7) is 1.45. The molecule has 7 heteroatoms. The maximum Gasteiger partial charge on any atom is 0.326 e. The van der Waals surface area contributed by atoms with Gasteiger partial charge in [0.2, 0.25) is 0 Å². The van der Waals surface area contributed by atoms with Crippen molar-refractivity contribution < 1.29 is 14.7 Å². The summed E-state index contributed by atoms with van der Waals surface area (Å²) in [4.78, 5) is 25.0. The Morgan fingerprint density at radius 1 is 1.53 bits per heavy atom. The second kappa shape index (κ2) is 5.23. The summed E-state index contributed by atoms with van der Waals surface area (Å²) in [5, 5.41) is 17.5. The van der Waals surface area contributed by atoms with E-state index >= 15 is 0 Å². The molecule has 0 aliphatic carbocycles. The number of aliphatic carboxylic acids is 1. The topological polar surface area (TPSA) is 86.3 Å². The first-order chi connectivity index (χ1) is 9.00. The molecule has 0 spiro atoms. The van der Waals surface area contributed by atoms with Gasteiger partial charge in [-0.3, -0.25) is 9.89 Å². The van der Waals surface area contributed by atoms with Gasteiger partial charge in [-0.1, -0.05) is 6.07 Å². The summed E-state index contributed by atoms with van der Waals surface area (Å²) in [7, 11) is 1.45. The molecule has 6 nitrogen and oxygen atoms in total. The molecule has 2 N–H and O–H groups in total. The van der Waals surface area contributed by atoms with Crippen LogP contribution in [0, 0.1) is 0 Å². The van der Waals surface area contributed by atoms with Gasteiger partial charge in [-0.25, -0.2) is 4.79 Å². The summed E-state index contributed by atoms with van der Waals surface area (Å²) < 4.78 is 0. The average molecular weight is 279 g/mol. The van der Waals surface area contributed by atoms with Gasteiger partial charge in [-0.05, 0) is 24.4 Å². The third-order valence-electron chi connectivity index (χ3n) is 2.84. The maximum atomic E-state index is 12.1. The molecule has 100 valence electrons. The summed E-state index contributed by atoms with van der Waals surface area (Å²) in [5.41, 5.74) is 0.953. The van der Waals surface area contributed by atoms with E-state index in [0.29, 0.717) is 0 Å². The van der Waals surface area contributed by atoms with Gasteiger partial charge in [0.25, 0.3) is 5.91 Å². The summed E-state index contributed by atoms with van der Waals surface area (Å²) in [5.74, 6) is -1.47. The fraction of sp³-hybridized carbons (Fsp3) is 0.250. The highest BCUT2D eigenvalue weighted by molar-refractivity contribution is 7.13. The zero-order valence-corrected chi connectivity index (χ0v) is 11.3. The Hall–Kier alpha value is -2.15. The van der Waals surface area contributed by atoms with Crippen LogP contribution in [0.3, 0.4) is 0 Å². The molecule has 0 aromatic carbocycles. The number of amides is 1. The monoisotopic (exact) mass is 279 g/mol. The fourth-order valence-electron chi connectivity index (χ4n) is 1.51. The Morgan fingerprint density at radius 2 is 2.26 bits per heavy atom. The first-order valence-electron chi connectivity index (χ1n) is 5.60. The average Bonchev–Trinajstić information content (AvgIpc) is 3.05. The Morgan fingerprint density at radius 3 is 2.84 bits per heavy atom. The molecule has 0 saturated carbocycles. The van der Waals surface area contributed by atoms with Crippen LogP contribution < -0.4 is 0 Å². The predicted molar refractivity (Wildman–Crippen MR) is 71.1 cm³/mol. The second-order valence-corrected chi connectivity index (χ2v) is 5.02. The number of carboxylic acid groups (broad SMARTS) is 1. The van der Waals surface area contributed by atoms with Crippen LogP contribution >= 0.6 is 11.3 Å². The van der Waals surface area contributed by atoms with E-state index < -0.39 is 17.9 Å². The summed E-state index contributed by atoms with van der Waals surface area (Å²) in [6, 6.07) is 4.55. The number of carboxylic acids is 1. The molecule has 0 saturated heterocycles. The first kappa shape index (κ1) is 13.3. The predicted octanol–water partition coefficient (Wildman–Crippen LogP) is 1.68. The van der Waals surface area contributed by atoms with E-state index in [0.717, 1.165) is 15.5 Å². The van der Waals surface area contributed by atoms with E-state index in [9.17, 15) is 9.59 Å². The molecule has 2 aromatic heterocycles. The lowest BCUT2D eigenvalue weighted by Gasteiger charge is -2.20. The molecule has 2 aromatic rings. The van der Waals surface area contributed by atoms with Crippen molar-refractivity contribution in [1.82, 2.24) is 15.1 Å². The van der Waals surface area contributed by atoms with Gasteiger partial charge < -0.3 is 10.0 Å². The van der Waals surface area contributed by atoms with Crippen molar-refractivity contribution in [2.75, 3.05) is 7.05 Å². The zero-order chi connectivity index (χ0) is 14.0. The van der Waals surface area contributed by atoms with Crippen molar-refractivity contribution in [3.8, 4) is 10.6 Å². The SMILES string of the molecule is CC(C(=O)O)N(C)C(=O)c1cc(-c2cccs2)[nH]n1. The third-order valence-corrected chi connectivity index (χ3v) is 3.75. The molecule has 0 aliphatic heterocycles. The van der Waals surface area contributed by atoms with Gasteiger partial charge in [-0.15, -0.1) is 11.3 Å². The third kappa shape index (κ3) is 2.65. The number of carbonyl (C=O) groups excluding carboxylic acids is 1. The van der Waals surface area contributed by atoms with E-state index in [4.69, 9.17) is 5.11 Å². The smallest absolute Gasteiger partial charge is 0.326 e. The van der Waals surface area contributed by atoms with E-state index in [1.165, 1.54) is 25.3 Å². The van der Waals surface area contributed by atoms with Crippen LogP contribution in [0.15, 0.2) is 23.6 Å². The normalized spacial score (nSPS) is 12.1. The summed E-state index contributed by atoms with van der Waals surface area (Å²) in [6.07, 6.45) is 0. The van der Waals surface area contributed by atoms with Gasteiger partial charge in [0.05, 0.1) is 10.6 Å². The lowest BCUT2D eigenvalue weighted by Crippen LogP contribution is -2.40. The van der Waals surface area contributed by atoms with Crippen LogP contribution in [0.1, 0.15) is 17.4 Å². The van der Waals surface area contributed by atoms with Gasteiger partial charge in [0, 0.05) is 7.05 Å². The van der Waals surface area contributed by atoms with Gasteiger partial charge in [0.1, 0.15) is 6.04 Å². The molecule has 1 unspecified atom stereocenters. The van der Waals surface area contributed by atoms with E-state index in [2.05, 4.69) is 10.2 Å². The maximum absolute atomic E-state index is 12.1. The molecular formula is C12H13N3O3S. The molecule has 1 atom stereocenters. The molecule has 2 rings (SSSR count). The zero-order valence-electron chi connectivity index (χ0n) is 10.5. The number of hydrogen-bond acceptors (Lipinski definition) is 4. The highest BCUT2D eigenvalue weighted by Crippen LogP contribution is 2.23. The number of hydrogen-bond donors (Lipinski definition) is 2. The second-order valence-electron chi connectivity index (χ2n) is 4.07. The van der Waals surface area contributed by atoms with Crippen LogP contribution in [-0.4, -0.2) is 45.2 Å². The Bertz CT molecular complexity index is 591. The molecule has 0 bridgehead atoms. The van der Waals surface area contributed by atoms with Gasteiger partial charge in [0.15, 0.2) is 5.69 Å². The van der Waals surface area contributed by atoms with Crippen LogP contribution in [0.25, 0.3) is 10.6 Å². The van der Waals surface area contributed by atoms with Crippen molar-refractivity contribution in [2.24, 2.45) is 0 Å². The largest absolute Gasteiger partial charge is 0.480 e. The number of likely N-dealkylation sites (N-methyl/N-ethyl adjacent to an activating group) is 1. The number of H-pyrrole nitrogens is 1. The quantitative estimate of drug-likeness (QED) is 0.891. The van der Waals surface area contributed by atoms with Crippen molar-refractivity contribution in [2.45, 2.75) is 13.0 Å². The van der Waals surface area contributed by atoms with Crippen molar-refractivity contribution in [3.05, 3.63) is 29.3 Å². The van der Waals surface area contributed by atoms with Crippen LogP contribution in [-0.2, 0) is 4.79 Å². The Balaban J connectivity index is 2.19. The van der Waals surface area contributed by atoms with E-state index in [-0.39, 0.29) is 5.69 Å². The number of aromatic nitrogens is 2. The number of carbonyl (C=O) groups is 2. The molecule has 0 radical (unpaired) electrons. The lowest BCUT2D eigenvalue weighted by atomic mass is 10.2. The number of thiophene rings is 1. The van der Waals surface area contributed by atoms with E-state index in [1.807, 2.05) is 17.5 Å². The molecule has 19 heavy (non-hydrogen) atoms. The highest BCUT2D eigenvalue weighted by Gasteiger charge is 2.24. The standard InChI is InChI=1S/C12H13N3O3S/c1-7(12(17)18)15(2)11(16)9-6-8(13-14-9)10-4-3-5-19-10/h3-7H,1-2H3,(H,13,14)(H,17,18). The molecule has 0 aliphatic rings. The van der Waals surface area contributed by atoms with E-state index in [1.54, 1.807) is 6.07 Å². The molecule has 1 amide bonds. The highest BCUT2D eigenvalue weighted by atomic mass is 32.1. The number of rotatable bonds is 4. The minimum Gasteiger partial charge on any atom is -0.480 e. The van der Waals surface area contributed by atoms with Crippen molar-refractivity contribution >= 4 is 23.2 Å².